The van der Waals surface area contributed by atoms with E-state index in [1.165, 1.54) is 0 Å². The third-order valence-corrected chi connectivity index (χ3v) is 6.51. The van der Waals surface area contributed by atoms with Crippen molar-refractivity contribution < 1.29 is 8.42 Å². The minimum Gasteiger partial charge on any atom is -0.329 e. The van der Waals surface area contributed by atoms with E-state index in [-0.39, 0.29) is 12.6 Å². The van der Waals surface area contributed by atoms with Gasteiger partial charge in [-0.1, -0.05) is 20.8 Å². The lowest BCUT2D eigenvalue weighted by Gasteiger charge is -2.41. The third-order valence-electron chi connectivity index (χ3n) is 4.01. The molecular weight excluding hydrogens is 236 g/mol. The topological polar surface area (TPSA) is 63.4 Å². The quantitative estimate of drug-likeness (QED) is 0.833. The number of nitrogens with zero attached hydrogens (tertiary/aromatic N) is 1. The molecule has 17 heavy (non-hydrogen) atoms. The third kappa shape index (κ3) is 3.01. The van der Waals surface area contributed by atoms with Gasteiger partial charge in [0.15, 0.2) is 0 Å². The minimum absolute atomic E-state index is 0.0943. The molecule has 0 saturated carbocycles. The predicted octanol–water partition coefficient (Wildman–Crippen LogP) is 1.42. The average molecular weight is 262 g/mol. The fraction of sp³-hybridized carbons (Fsp3) is 1.00. The number of hydrogen-bond acceptors (Lipinski definition) is 3. The summed E-state index contributed by atoms with van der Waals surface area (Å²) in [5.41, 5.74) is 5.58. The molecule has 0 spiro atoms. The Morgan fingerprint density at radius 1 is 1.35 bits per heavy atom. The zero-order chi connectivity index (χ0) is 13.2. The first-order valence-corrected chi connectivity index (χ1v) is 8.05. The summed E-state index contributed by atoms with van der Waals surface area (Å²) in [6.45, 7) is 9.00. The number of nitrogens with two attached hydrogens (primary N) is 1. The molecule has 1 heterocycles. The molecule has 0 aromatic rings. The molecule has 0 aromatic heterocycles. The van der Waals surface area contributed by atoms with Crippen molar-refractivity contribution in [2.75, 3.05) is 13.1 Å². The van der Waals surface area contributed by atoms with Crippen LogP contribution in [-0.2, 0) is 10.0 Å². The Labute approximate surface area is 106 Å². The van der Waals surface area contributed by atoms with Crippen molar-refractivity contribution in [1.82, 2.24) is 4.31 Å². The van der Waals surface area contributed by atoms with Crippen LogP contribution in [0.5, 0.6) is 0 Å². The van der Waals surface area contributed by atoms with Crippen molar-refractivity contribution in [3.63, 3.8) is 0 Å². The van der Waals surface area contributed by atoms with Crippen molar-refractivity contribution in [2.45, 2.75) is 51.8 Å². The molecule has 1 saturated heterocycles. The minimum atomic E-state index is -3.23. The standard InChI is InChI=1S/C12H26N2O2S/c1-5-12(7-13)17(15,16)14-8-9(2)6-10(3)11(14)4/h9-12H,5-8,13H2,1-4H3. The summed E-state index contributed by atoms with van der Waals surface area (Å²) in [5.74, 6) is 0.857. The van der Waals surface area contributed by atoms with Gasteiger partial charge in [0.2, 0.25) is 10.0 Å². The van der Waals surface area contributed by atoms with E-state index < -0.39 is 15.3 Å². The Balaban J connectivity index is 2.96. The second-order valence-electron chi connectivity index (χ2n) is 5.44. The maximum absolute atomic E-state index is 12.5. The molecule has 1 rings (SSSR count). The van der Waals surface area contributed by atoms with Crippen LogP contribution >= 0.6 is 0 Å². The van der Waals surface area contributed by atoms with E-state index in [4.69, 9.17) is 5.73 Å². The van der Waals surface area contributed by atoms with Gasteiger partial charge in [-0.25, -0.2) is 8.42 Å². The van der Waals surface area contributed by atoms with Gasteiger partial charge in [-0.3, -0.25) is 0 Å². The average Bonchev–Trinajstić information content (AvgIpc) is 2.24. The molecule has 102 valence electrons. The Bertz CT molecular complexity index is 338. The van der Waals surface area contributed by atoms with E-state index in [1.807, 2.05) is 13.8 Å². The lowest BCUT2D eigenvalue weighted by Crippen LogP contribution is -2.52. The normalized spacial score (nSPS) is 33.6. The largest absolute Gasteiger partial charge is 0.329 e. The fourth-order valence-corrected chi connectivity index (χ4v) is 4.87. The molecule has 4 atom stereocenters. The van der Waals surface area contributed by atoms with Crippen LogP contribution in [0.2, 0.25) is 0 Å². The summed E-state index contributed by atoms with van der Waals surface area (Å²) >= 11 is 0. The summed E-state index contributed by atoms with van der Waals surface area (Å²) in [4.78, 5) is 0. The summed E-state index contributed by atoms with van der Waals surface area (Å²) < 4.78 is 26.7. The molecule has 5 heteroatoms. The van der Waals surface area contributed by atoms with Gasteiger partial charge in [-0.2, -0.15) is 4.31 Å². The number of piperidine rings is 1. The van der Waals surface area contributed by atoms with Crippen LogP contribution in [0.25, 0.3) is 0 Å². The van der Waals surface area contributed by atoms with Gasteiger partial charge in [0.05, 0.1) is 5.25 Å². The maximum Gasteiger partial charge on any atom is 0.218 e. The summed E-state index contributed by atoms with van der Waals surface area (Å²) in [5, 5.41) is -0.428. The van der Waals surface area contributed by atoms with Crippen molar-refractivity contribution in [3.05, 3.63) is 0 Å². The highest BCUT2D eigenvalue weighted by Gasteiger charge is 2.39. The molecule has 0 aromatic carbocycles. The second kappa shape index (κ2) is 5.67. The lowest BCUT2D eigenvalue weighted by molar-refractivity contribution is 0.156. The Kier molecular flexibility index (Phi) is 4.98. The van der Waals surface area contributed by atoms with Gasteiger partial charge in [0.25, 0.3) is 0 Å². The molecule has 2 N–H and O–H groups in total. The van der Waals surface area contributed by atoms with E-state index in [1.54, 1.807) is 4.31 Å². The van der Waals surface area contributed by atoms with Crippen molar-refractivity contribution in [2.24, 2.45) is 17.6 Å². The highest BCUT2D eigenvalue weighted by atomic mass is 32.2. The van der Waals surface area contributed by atoms with Gasteiger partial charge in [-0.15, -0.1) is 0 Å². The zero-order valence-corrected chi connectivity index (χ0v) is 12.2. The van der Waals surface area contributed by atoms with Crippen LogP contribution in [0.15, 0.2) is 0 Å². The lowest BCUT2D eigenvalue weighted by atomic mass is 9.88. The number of hydrogen-bond donors (Lipinski definition) is 1. The predicted molar refractivity (Wildman–Crippen MR) is 71.2 cm³/mol. The second-order valence-corrected chi connectivity index (χ2v) is 7.60. The van der Waals surface area contributed by atoms with Gasteiger partial charge in [0.1, 0.15) is 0 Å². The van der Waals surface area contributed by atoms with Gasteiger partial charge in [0, 0.05) is 19.1 Å². The number of rotatable bonds is 4. The Hall–Kier alpha value is -0.130. The first kappa shape index (κ1) is 14.9. The molecular formula is C12H26N2O2S. The highest BCUT2D eigenvalue weighted by molar-refractivity contribution is 7.89. The van der Waals surface area contributed by atoms with E-state index in [0.29, 0.717) is 24.8 Å². The van der Waals surface area contributed by atoms with E-state index >= 15 is 0 Å². The van der Waals surface area contributed by atoms with Crippen LogP contribution in [0.3, 0.4) is 0 Å². The maximum atomic E-state index is 12.5. The van der Waals surface area contributed by atoms with E-state index in [2.05, 4.69) is 13.8 Å². The van der Waals surface area contributed by atoms with Crippen LogP contribution in [0.4, 0.5) is 0 Å². The highest BCUT2D eigenvalue weighted by Crippen LogP contribution is 2.30. The summed E-state index contributed by atoms with van der Waals surface area (Å²) in [7, 11) is -3.23. The molecule has 0 bridgehead atoms. The van der Waals surface area contributed by atoms with Crippen LogP contribution in [0.1, 0.15) is 40.5 Å². The first-order valence-electron chi connectivity index (χ1n) is 6.55. The van der Waals surface area contributed by atoms with E-state index in [9.17, 15) is 8.42 Å². The number of sulfonamides is 1. The Morgan fingerprint density at radius 3 is 2.41 bits per heavy atom. The van der Waals surface area contributed by atoms with Gasteiger partial charge >= 0.3 is 0 Å². The smallest absolute Gasteiger partial charge is 0.218 e. The van der Waals surface area contributed by atoms with E-state index in [0.717, 1.165) is 6.42 Å². The fourth-order valence-electron chi connectivity index (χ4n) is 2.69. The van der Waals surface area contributed by atoms with Crippen LogP contribution in [0, 0.1) is 11.8 Å². The molecule has 1 fully saturated rings. The molecule has 4 unspecified atom stereocenters. The zero-order valence-electron chi connectivity index (χ0n) is 11.4. The Morgan fingerprint density at radius 2 is 1.94 bits per heavy atom. The summed E-state index contributed by atoms with van der Waals surface area (Å²) in [6.07, 6.45) is 1.69. The first-order chi connectivity index (χ1) is 7.84. The summed E-state index contributed by atoms with van der Waals surface area (Å²) in [6, 6.07) is 0.0943. The molecule has 0 aliphatic carbocycles. The molecule has 0 radical (unpaired) electrons. The van der Waals surface area contributed by atoms with Gasteiger partial charge in [-0.05, 0) is 31.6 Å². The monoisotopic (exact) mass is 262 g/mol. The molecule has 1 aliphatic rings. The van der Waals surface area contributed by atoms with Crippen molar-refractivity contribution >= 4 is 10.0 Å². The van der Waals surface area contributed by atoms with Crippen molar-refractivity contribution in [3.8, 4) is 0 Å². The van der Waals surface area contributed by atoms with Crippen molar-refractivity contribution in [1.29, 1.82) is 0 Å². The molecule has 1 aliphatic heterocycles. The van der Waals surface area contributed by atoms with Crippen LogP contribution in [-0.4, -0.2) is 37.1 Å². The van der Waals surface area contributed by atoms with Gasteiger partial charge < -0.3 is 5.73 Å². The van der Waals surface area contributed by atoms with Crippen LogP contribution < -0.4 is 5.73 Å². The molecule has 4 nitrogen and oxygen atoms in total. The molecule has 0 amide bonds. The SMILES string of the molecule is CCC(CN)S(=O)(=O)N1CC(C)CC(C)C1C.